The fourth-order valence-electron chi connectivity index (χ4n) is 1.78. The number of nitrogens with zero attached hydrogens (tertiary/aromatic N) is 1. The number of hydrogen-bond donors (Lipinski definition) is 1. The maximum absolute atomic E-state index is 11.8. The van der Waals surface area contributed by atoms with Crippen LogP contribution in [0.5, 0.6) is 5.75 Å². The second kappa shape index (κ2) is 7.14. The van der Waals surface area contributed by atoms with Gasteiger partial charge in [-0.3, -0.25) is 4.79 Å². The molecule has 1 N–H and O–H groups in total. The Hall–Kier alpha value is -1.55. The number of amides is 1. The highest BCUT2D eigenvalue weighted by Gasteiger charge is 2.10. The Morgan fingerprint density at radius 2 is 1.89 bits per heavy atom. The van der Waals surface area contributed by atoms with E-state index in [1.807, 2.05) is 26.0 Å². The van der Waals surface area contributed by atoms with E-state index in [-0.39, 0.29) is 12.5 Å². The zero-order valence-corrected chi connectivity index (χ0v) is 12.1. The quantitative estimate of drug-likeness (QED) is 0.855. The van der Waals surface area contributed by atoms with Gasteiger partial charge in [-0.25, -0.2) is 0 Å². The molecular formula is C15H23NO3. The number of carbonyl (C=O) groups excluding carboxylic acids is 1. The third kappa shape index (κ3) is 5.75. The van der Waals surface area contributed by atoms with Gasteiger partial charge in [-0.1, -0.05) is 6.07 Å². The van der Waals surface area contributed by atoms with E-state index in [0.29, 0.717) is 13.0 Å². The molecule has 4 nitrogen and oxygen atoms in total. The molecule has 0 aromatic heterocycles. The summed E-state index contributed by atoms with van der Waals surface area (Å²) < 4.78 is 5.50. The summed E-state index contributed by atoms with van der Waals surface area (Å²) in [6.45, 7) is 6.27. The lowest BCUT2D eigenvalue weighted by molar-refractivity contribution is -0.132. The molecule has 0 aliphatic rings. The van der Waals surface area contributed by atoms with Gasteiger partial charge in [-0.2, -0.15) is 0 Å². The monoisotopic (exact) mass is 265 g/mol. The molecule has 0 saturated heterocycles. The van der Waals surface area contributed by atoms with Crippen LogP contribution in [0.15, 0.2) is 18.2 Å². The number of carbonyl (C=O) groups is 1. The van der Waals surface area contributed by atoms with E-state index in [1.165, 1.54) is 0 Å². The number of ether oxygens (including phenoxy) is 1. The Labute approximate surface area is 115 Å². The predicted molar refractivity (Wildman–Crippen MR) is 75.3 cm³/mol. The lowest BCUT2D eigenvalue weighted by atomic mass is 10.1. The summed E-state index contributed by atoms with van der Waals surface area (Å²) in [6.07, 6.45) is 0.182. The fraction of sp³-hybridized carbons (Fsp3) is 0.533. The molecule has 4 heteroatoms. The van der Waals surface area contributed by atoms with Gasteiger partial charge in [0.2, 0.25) is 0 Å². The molecule has 1 rings (SSSR count). The molecule has 1 unspecified atom stereocenters. The van der Waals surface area contributed by atoms with Crippen LogP contribution in [0.1, 0.15) is 24.5 Å². The van der Waals surface area contributed by atoms with Crippen LogP contribution in [0.3, 0.4) is 0 Å². The van der Waals surface area contributed by atoms with Crippen LogP contribution in [0.25, 0.3) is 0 Å². The van der Waals surface area contributed by atoms with Crippen molar-refractivity contribution in [2.24, 2.45) is 0 Å². The minimum atomic E-state index is -0.393. The Morgan fingerprint density at radius 1 is 1.32 bits per heavy atom. The summed E-state index contributed by atoms with van der Waals surface area (Å²) in [6, 6.07) is 5.88. The smallest absolute Gasteiger partial charge is 0.260 e. The SMILES string of the molecule is Cc1cc(C)cc(OCC(=O)N(C)CCC(C)O)c1. The Bertz CT molecular complexity index is 409. The average Bonchev–Trinajstić information content (AvgIpc) is 2.31. The normalized spacial score (nSPS) is 12.1. The minimum Gasteiger partial charge on any atom is -0.484 e. The largest absolute Gasteiger partial charge is 0.484 e. The molecule has 0 radical (unpaired) electrons. The van der Waals surface area contributed by atoms with Gasteiger partial charge in [-0.05, 0) is 50.5 Å². The van der Waals surface area contributed by atoms with Gasteiger partial charge in [0.05, 0.1) is 6.10 Å². The second-order valence-electron chi connectivity index (χ2n) is 5.07. The van der Waals surface area contributed by atoms with E-state index in [4.69, 9.17) is 4.74 Å². The van der Waals surface area contributed by atoms with Crippen molar-refractivity contribution in [3.05, 3.63) is 29.3 Å². The molecule has 0 heterocycles. The molecule has 0 aliphatic carbocycles. The fourth-order valence-corrected chi connectivity index (χ4v) is 1.78. The van der Waals surface area contributed by atoms with Crippen LogP contribution >= 0.6 is 0 Å². The van der Waals surface area contributed by atoms with Crippen molar-refractivity contribution >= 4 is 5.91 Å². The summed E-state index contributed by atoms with van der Waals surface area (Å²) in [7, 11) is 1.72. The van der Waals surface area contributed by atoms with E-state index in [0.717, 1.165) is 16.9 Å². The summed E-state index contributed by atoms with van der Waals surface area (Å²) in [5.41, 5.74) is 2.23. The molecule has 1 atom stereocenters. The van der Waals surface area contributed by atoms with Crippen LogP contribution in [0.4, 0.5) is 0 Å². The van der Waals surface area contributed by atoms with E-state index in [2.05, 4.69) is 6.07 Å². The first-order valence-electron chi connectivity index (χ1n) is 6.51. The maximum Gasteiger partial charge on any atom is 0.260 e. The standard InChI is InChI=1S/C15H23NO3/c1-11-7-12(2)9-14(8-11)19-10-15(18)16(4)6-5-13(3)17/h7-9,13,17H,5-6,10H2,1-4H3. The van der Waals surface area contributed by atoms with E-state index < -0.39 is 6.10 Å². The van der Waals surface area contributed by atoms with E-state index >= 15 is 0 Å². The van der Waals surface area contributed by atoms with Crippen molar-refractivity contribution in [2.45, 2.75) is 33.3 Å². The molecule has 0 bridgehead atoms. The summed E-state index contributed by atoms with van der Waals surface area (Å²) in [4.78, 5) is 13.4. The number of aliphatic hydroxyl groups excluding tert-OH is 1. The van der Waals surface area contributed by atoms with Crippen molar-refractivity contribution in [3.63, 3.8) is 0 Å². The van der Waals surface area contributed by atoms with Gasteiger partial charge in [-0.15, -0.1) is 0 Å². The van der Waals surface area contributed by atoms with Crippen LogP contribution in [-0.2, 0) is 4.79 Å². The first kappa shape index (κ1) is 15.5. The molecule has 1 aromatic rings. The number of aryl methyl sites for hydroxylation is 2. The predicted octanol–water partition coefficient (Wildman–Crippen LogP) is 1.91. The van der Waals surface area contributed by atoms with Gasteiger partial charge in [0.1, 0.15) is 5.75 Å². The molecule has 0 spiro atoms. The Balaban J connectivity index is 2.45. The zero-order valence-electron chi connectivity index (χ0n) is 12.1. The van der Waals surface area contributed by atoms with Crippen molar-refractivity contribution in [2.75, 3.05) is 20.2 Å². The summed E-state index contributed by atoms with van der Waals surface area (Å²) in [5, 5.41) is 9.18. The molecule has 0 fully saturated rings. The average molecular weight is 265 g/mol. The van der Waals surface area contributed by atoms with Crippen LogP contribution in [0, 0.1) is 13.8 Å². The molecule has 1 amide bonds. The molecular weight excluding hydrogens is 242 g/mol. The minimum absolute atomic E-state index is 0.0270. The molecule has 0 saturated carbocycles. The Morgan fingerprint density at radius 3 is 2.42 bits per heavy atom. The van der Waals surface area contributed by atoms with E-state index in [9.17, 15) is 9.90 Å². The van der Waals surface area contributed by atoms with Crippen molar-refractivity contribution < 1.29 is 14.6 Å². The lowest BCUT2D eigenvalue weighted by Crippen LogP contribution is -2.33. The van der Waals surface area contributed by atoms with E-state index in [1.54, 1.807) is 18.9 Å². The van der Waals surface area contributed by atoms with Crippen LogP contribution in [-0.4, -0.2) is 42.2 Å². The zero-order chi connectivity index (χ0) is 14.4. The molecule has 0 aliphatic heterocycles. The Kier molecular flexibility index (Phi) is 5.83. The van der Waals surface area contributed by atoms with Gasteiger partial charge < -0.3 is 14.7 Å². The highest BCUT2D eigenvalue weighted by atomic mass is 16.5. The lowest BCUT2D eigenvalue weighted by Gasteiger charge is -2.18. The number of aliphatic hydroxyl groups is 1. The first-order valence-corrected chi connectivity index (χ1v) is 6.51. The topological polar surface area (TPSA) is 49.8 Å². The van der Waals surface area contributed by atoms with Gasteiger partial charge in [0.15, 0.2) is 6.61 Å². The highest BCUT2D eigenvalue weighted by Crippen LogP contribution is 2.16. The van der Waals surface area contributed by atoms with Crippen LogP contribution in [0.2, 0.25) is 0 Å². The summed E-state index contributed by atoms with van der Waals surface area (Å²) >= 11 is 0. The number of hydrogen-bond acceptors (Lipinski definition) is 3. The third-order valence-corrected chi connectivity index (χ3v) is 2.87. The molecule has 19 heavy (non-hydrogen) atoms. The van der Waals surface area contributed by atoms with Gasteiger partial charge >= 0.3 is 0 Å². The molecule has 1 aromatic carbocycles. The van der Waals surface area contributed by atoms with Crippen molar-refractivity contribution in [3.8, 4) is 5.75 Å². The maximum atomic E-state index is 11.8. The summed E-state index contributed by atoms with van der Waals surface area (Å²) in [5.74, 6) is 0.634. The second-order valence-corrected chi connectivity index (χ2v) is 5.07. The highest BCUT2D eigenvalue weighted by molar-refractivity contribution is 5.77. The van der Waals surface area contributed by atoms with Crippen molar-refractivity contribution in [1.82, 2.24) is 4.90 Å². The number of likely N-dealkylation sites (N-methyl/N-ethyl adjacent to an activating group) is 1. The first-order chi connectivity index (χ1) is 8.88. The third-order valence-electron chi connectivity index (χ3n) is 2.87. The van der Waals surface area contributed by atoms with Crippen molar-refractivity contribution in [1.29, 1.82) is 0 Å². The number of rotatable bonds is 6. The van der Waals surface area contributed by atoms with Crippen LogP contribution < -0.4 is 4.74 Å². The van der Waals surface area contributed by atoms with Gasteiger partial charge in [0.25, 0.3) is 5.91 Å². The van der Waals surface area contributed by atoms with Gasteiger partial charge in [0, 0.05) is 13.6 Å². The molecule has 106 valence electrons. The number of benzene rings is 1.